The summed E-state index contributed by atoms with van der Waals surface area (Å²) in [5.41, 5.74) is 1.17. The Morgan fingerprint density at radius 2 is 2.00 bits per heavy atom. The summed E-state index contributed by atoms with van der Waals surface area (Å²) in [7, 11) is 0.412. The van der Waals surface area contributed by atoms with E-state index in [9.17, 15) is 4.21 Å². The molecule has 1 aromatic rings. The van der Waals surface area contributed by atoms with Crippen molar-refractivity contribution in [3.8, 4) is 0 Å². The van der Waals surface area contributed by atoms with Gasteiger partial charge in [-0.1, -0.05) is 41.1 Å². The minimum atomic E-state index is -0.954. The largest absolute Gasteiger partial charge is 0.395 e. The Hall–Kier alpha value is -0.320. The van der Waals surface area contributed by atoms with E-state index in [1.807, 2.05) is 30.3 Å². The summed E-state index contributed by atoms with van der Waals surface area (Å²) >= 11 is 0. The van der Waals surface area contributed by atoms with Crippen LogP contribution < -0.4 is 0 Å². The number of aliphatic hydroxyl groups is 1. The third kappa shape index (κ3) is 4.45. The van der Waals surface area contributed by atoms with E-state index in [-0.39, 0.29) is 6.61 Å². The van der Waals surface area contributed by atoms with E-state index in [2.05, 4.69) is 0 Å². The van der Waals surface area contributed by atoms with Gasteiger partial charge in [0.2, 0.25) is 0 Å². The molecule has 13 heavy (non-hydrogen) atoms. The third-order valence-electron chi connectivity index (χ3n) is 1.46. The van der Waals surface area contributed by atoms with Crippen LogP contribution in [0.1, 0.15) is 5.56 Å². The van der Waals surface area contributed by atoms with Crippen LogP contribution >= 0.6 is 10.8 Å². The topological polar surface area (TPSA) is 37.3 Å². The van der Waals surface area contributed by atoms with Crippen molar-refractivity contribution in [1.82, 2.24) is 0 Å². The Morgan fingerprint density at radius 3 is 2.62 bits per heavy atom. The summed E-state index contributed by atoms with van der Waals surface area (Å²) in [6.45, 7) is -0.00555. The van der Waals surface area contributed by atoms with Crippen LogP contribution in [-0.4, -0.2) is 21.7 Å². The monoisotopic (exact) mass is 216 g/mol. The van der Waals surface area contributed by atoms with Crippen LogP contribution in [0.15, 0.2) is 30.3 Å². The SMILES string of the molecule is O=S(CCO)SCc1ccccc1. The summed E-state index contributed by atoms with van der Waals surface area (Å²) in [4.78, 5) is 0. The zero-order valence-corrected chi connectivity index (χ0v) is 8.81. The van der Waals surface area contributed by atoms with Crippen molar-refractivity contribution < 1.29 is 9.32 Å². The molecule has 0 amide bonds. The molecule has 1 atom stereocenters. The van der Waals surface area contributed by atoms with Gasteiger partial charge in [0.25, 0.3) is 0 Å². The van der Waals surface area contributed by atoms with E-state index in [1.54, 1.807) is 0 Å². The first-order chi connectivity index (χ1) is 6.33. The Morgan fingerprint density at radius 1 is 1.31 bits per heavy atom. The van der Waals surface area contributed by atoms with Gasteiger partial charge in [-0.15, -0.1) is 0 Å². The average molecular weight is 216 g/mol. The minimum absolute atomic E-state index is 0.00555. The molecule has 0 heterocycles. The molecule has 0 saturated carbocycles. The normalized spacial score (nSPS) is 12.7. The summed E-state index contributed by atoms with van der Waals surface area (Å²) < 4.78 is 11.1. The van der Waals surface area contributed by atoms with Gasteiger partial charge >= 0.3 is 0 Å². The van der Waals surface area contributed by atoms with Crippen molar-refractivity contribution >= 4 is 20.6 Å². The van der Waals surface area contributed by atoms with Gasteiger partial charge in [-0.25, -0.2) is 4.21 Å². The maximum atomic E-state index is 11.1. The second-order valence-corrected chi connectivity index (χ2v) is 5.84. The Kier molecular flexibility index (Phi) is 5.12. The summed E-state index contributed by atoms with van der Waals surface area (Å²) in [6.07, 6.45) is 0. The highest BCUT2D eigenvalue weighted by molar-refractivity contribution is 8.68. The number of rotatable bonds is 5. The van der Waals surface area contributed by atoms with E-state index < -0.39 is 9.83 Å². The van der Waals surface area contributed by atoms with E-state index in [1.165, 1.54) is 16.4 Å². The number of aliphatic hydroxyl groups excluding tert-OH is 1. The van der Waals surface area contributed by atoms with Gasteiger partial charge in [-0.3, -0.25) is 0 Å². The van der Waals surface area contributed by atoms with Gasteiger partial charge in [0.05, 0.1) is 22.2 Å². The van der Waals surface area contributed by atoms with Crippen LogP contribution in [0, 0.1) is 0 Å². The molecule has 0 spiro atoms. The molecule has 0 saturated heterocycles. The molecule has 0 fully saturated rings. The first-order valence-corrected chi connectivity index (χ1v) is 6.81. The molecule has 0 aliphatic carbocycles. The Labute approximate surface area is 84.2 Å². The van der Waals surface area contributed by atoms with Crippen LogP contribution in [-0.2, 0) is 15.6 Å². The van der Waals surface area contributed by atoms with E-state index in [0.29, 0.717) is 5.75 Å². The molecule has 1 rings (SSSR count). The van der Waals surface area contributed by atoms with Gasteiger partial charge in [0, 0.05) is 5.75 Å². The van der Waals surface area contributed by atoms with Crippen molar-refractivity contribution in [1.29, 1.82) is 0 Å². The van der Waals surface area contributed by atoms with E-state index >= 15 is 0 Å². The maximum absolute atomic E-state index is 11.1. The second kappa shape index (κ2) is 6.18. The predicted octanol–water partition coefficient (Wildman–Crippen LogP) is 1.58. The molecule has 0 bridgehead atoms. The van der Waals surface area contributed by atoms with Crippen LogP contribution in [0.25, 0.3) is 0 Å². The van der Waals surface area contributed by atoms with Gasteiger partial charge in [-0.05, 0) is 5.56 Å². The van der Waals surface area contributed by atoms with Crippen molar-refractivity contribution in [3.63, 3.8) is 0 Å². The molecular weight excluding hydrogens is 204 g/mol. The highest BCUT2D eigenvalue weighted by Crippen LogP contribution is 2.15. The number of benzene rings is 1. The fourth-order valence-corrected chi connectivity index (χ4v) is 2.95. The zero-order chi connectivity index (χ0) is 9.52. The molecule has 4 heteroatoms. The van der Waals surface area contributed by atoms with Gasteiger partial charge < -0.3 is 5.11 Å². The van der Waals surface area contributed by atoms with Crippen molar-refractivity contribution in [2.24, 2.45) is 0 Å². The highest BCUT2D eigenvalue weighted by atomic mass is 33.1. The lowest BCUT2D eigenvalue weighted by Gasteiger charge is -1.99. The lowest BCUT2D eigenvalue weighted by atomic mass is 10.2. The summed E-state index contributed by atoms with van der Waals surface area (Å²) in [5, 5.41) is 8.53. The smallest absolute Gasteiger partial charge is 0.0830 e. The lowest BCUT2D eigenvalue weighted by molar-refractivity contribution is 0.321. The van der Waals surface area contributed by atoms with Gasteiger partial charge in [0.1, 0.15) is 0 Å². The zero-order valence-electron chi connectivity index (χ0n) is 7.18. The Bertz CT molecular complexity index is 262. The first-order valence-electron chi connectivity index (χ1n) is 3.99. The first kappa shape index (κ1) is 10.8. The molecule has 0 radical (unpaired) electrons. The van der Waals surface area contributed by atoms with E-state index in [0.717, 1.165) is 5.75 Å². The van der Waals surface area contributed by atoms with E-state index in [4.69, 9.17) is 5.11 Å². The van der Waals surface area contributed by atoms with Gasteiger partial charge in [0.15, 0.2) is 0 Å². The molecule has 0 aliphatic rings. The standard InChI is InChI=1S/C9H12O2S2/c10-6-7-13(11)12-8-9-4-2-1-3-5-9/h1-5,10H,6-8H2. The molecular formula is C9H12O2S2. The highest BCUT2D eigenvalue weighted by Gasteiger charge is 1.99. The minimum Gasteiger partial charge on any atom is -0.395 e. The van der Waals surface area contributed by atoms with Crippen LogP contribution in [0.2, 0.25) is 0 Å². The average Bonchev–Trinajstić information content (AvgIpc) is 2.17. The molecule has 1 unspecified atom stereocenters. The summed E-state index contributed by atoms with van der Waals surface area (Å²) in [6, 6.07) is 9.89. The van der Waals surface area contributed by atoms with Crippen LogP contribution in [0.4, 0.5) is 0 Å². The van der Waals surface area contributed by atoms with Gasteiger partial charge in [-0.2, -0.15) is 0 Å². The van der Waals surface area contributed by atoms with Crippen LogP contribution in [0.5, 0.6) is 0 Å². The quantitative estimate of drug-likeness (QED) is 0.759. The number of hydrogen-bond donors (Lipinski definition) is 1. The van der Waals surface area contributed by atoms with Crippen molar-refractivity contribution in [3.05, 3.63) is 35.9 Å². The lowest BCUT2D eigenvalue weighted by Crippen LogP contribution is -1.97. The summed E-state index contributed by atoms with van der Waals surface area (Å²) in [5.74, 6) is 1.10. The van der Waals surface area contributed by atoms with Crippen molar-refractivity contribution in [2.45, 2.75) is 5.75 Å². The fourth-order valence-electron chi connectivity index (χ4n) is 0.841. The number of hydrogen-bond acceptors (Lipinski definition) is 3. The third-order valence-corrected chi connectivity index (χ3v) is 4.33. The molecule has 0 aliphatic heterocycles. The molecule has 2 nitrogen and oxygen atoms in total. The molecule has 1 aromatic carbocycles. The van der Waals surface area contributed by atoms with Crippen LogP contribution in [0.3, 0.4) is 0 Å². The Balaban J connectivity index is 2.31. The maximum Gasteiger partial charge on any atom is 0.0830 e. The van der Waals surface area contributed by atoms with Crippen molar-refractivity contribution in [2.75, 3.05) is 12.4 Å². The molecule has 72 valence electrons. The second-order valence-electron chi connectivity index (χ2n) is 2.48. The fraction of sp³-hybridized carbons (Fsp3) is 0.333. The molecule has 1 N–H and O–H groups in total. The molecule has 0 aromatic heterocycles. The predicted molar refractivity (Wildman–Crippen MR) is 57.8 cm³/mol.